The topological polar surface area (TPSA) is 58.9 Å². The molecule has 0 spiro atoms. The molecule has 1 aliphatic rings. The maximum atomic E-state index is 4.60. The van der Waals surface area contributed by atoms with Crippen LogP contribution in [0.3, 0.4) is 0 Å². The van der Waals surface area contributed by atoms with Crippen molar-refractivity contribution in [3.8, 4) is 5.82 Å². The number of nitrogens with zero attached hydrogens (tertiary/aromatic N) is 5. The SMILES string of the molecule is CC1CCCN(Cc2ccccc2CNc2cncc(-n3cccn3)n2)C1. The monoisotopic (exact) mass is 362 g/mol. The van der Waals surface area contributed by atoms with Gasteiger partial charge < -0.3 is 5.32 Å². The van der Waals surface area contributed by atoms with Gasteiger partial charge in [0.2, 0.25) is 0 Å². The van der Waals surface area contributed by atoms with Crippen LogP contribution < -0.4 is 5.32 Å². The molecule has 0 amide bonds. The largest absolute Gasteiger partial charge is 0.365 e. The van der Waals surface area contributed by atoms with E-state index < -0.39 is 0 Å². The third-order valence-electron chi connectivity index (χ3n) is 5.07. The lowest BCUT2D eigenvalue weighted by atomic mass is 9.99. The zero-order chi connectivity index (χ0) is 18.5. The average molecular weight is 362 g/mol. The molecule has 27 heavy (non-hydrogen) atoms. The zero-order valence-corrected chi connectivity index (χ0v) is 15.8. The van der Waals surface area contributed by atoms with Crippen molar-refractivity contribution in [3.63, 3.8) is 0 Å². The maximum absolute atomic E-state index is 4.60. The maximum Gasteiger partial charge on any atom is 0.173 e. The molecule has 6 nitrogen and oxygen atoms in total. The van der Waals surface area contributed by atoms with Gasteiger partial charge in [-0.25, -0.2) is 9.67 Å². The molecule has 1 unspecified atom stereocenters. The Balaban J connectivity index is 1.43. The first kappa shape index (κ1) is 17.7. The van der Waals surface area contributed by atoms with Crippen LogP contribution in [0.2, 0.25) is 0 Å². The number of benzene rings is 1. The van der Waals surface area contributed by atoms with Crippen LogP contribution in [0.25, 0.3) is 5.82 Å². The molecule has 3 aromatic rings. The minimum Gasteiger partial charge on any atom is -0.365 e. The first-order valence-corrected chi connectivity index (χ1v) is 9.63. The van der Waals surface area contributed by atoms with Crippen LogP contribution in [0.15, 0.2) is 55.1 Å². The van der Waals surface area contributed by atoms with Crippen molar-refractivity contribution >= 4 is 5.82 Å². The summed E-state index contributed by atoms with van der Waals surface area (Å²) in [6.07, 6.45) is 9.72. The van der Waals surface area contributed by atoms with Crippen LogP contribution in [0.1, 0.15) is 30.9 Å². The highest BCUT2D eigenvalue weighted by atomic mass is 15.3. The van der Waals surface area contributed by atoms with Crippen LogP contribution in [0.5, 0.6) is 0 Å². The highest BCUT2D eigenvalue weighted by molar-refractivity contribution is 5.38. The van der Waals surface area contributed by atoms with Gasteiger partial charge in [0.05, 0.1) is 12.4 Å². The molecule has 0 bridgehead atoms. The quantitative estimate of drug-likeness (QED) is 0.727. The van der Waals surface area contributed by atoms with E-state index in [0.717, 1.165) is 24.8 Å². The van der Waals surface area contributed by atoms with Crippen LogP contribution in [0, 0.1) is 5.92 Å². The minimum atomic E-state index is 0.709. The second-order valence-corrected chi connectivity index (χ2v) is 7.32. The third-order valence-corrected chi connectivity index (χ3v) is 5.07. The Kier molecular flexibility index (Phi) is 5.44. The lowest BCUT2D eigenvalue weighted by Gasteiger charge is -2.31. The Morgan fingerprint density at radius 1 is 1.15 bits per heavy atom. The Labute approximate surface area is 160 Å². The van der Waals surface area contributed by atoms with Crippen LogP contribution in [-0.4, -0.2) is 37.7 Å². The Morgan fingerprint density at radius 2 is 2.04 bits per heavy atom. The molecule has 1 aromatic carbocycles. The summed E-state index contributed by atoms with van der Waals surface area (Å²) < 4.78 is 1.71. The summed E-state index contributed by atoms with van der Waals surface area (Å²) >= 11 is 0. The van der Waals surface area contributed by atoms with Crippen molar-refractivity contribution in [3.05, 3.63) is 66.2 Å². The van der Waals surface area contributed by atoms with E-state index in [2.05, 4.69) is 56.5 Å². The average Bonchev–Trinajstić information content (AvgIpc) is 3.23. The Morgan fingerprint density at radius 3 is 2.85 bits per heavy atom. The third kappa shape index (κ3) is 4.52. The lowest BCUT2D eigenvalue weighted by Crippen LogP contribution is -2.34. The van der Waals surface area contributed by atoms with Crippen LogP contribution in [0.4, 0.5) is 5.82 Å². The second kappa shape index (κ2) is 8.31. The molecule has 0 saturated carbocycles. The van der Waals surface area contributed by atoms with Gasteiger partial charge in [-0.3, -0.25) is 9.88 Å². The number of likely N-dealkylation sites (tertiary alicyclic amines) is 1. The predicted molar refractivity (Wildman–Crippen MR) is 107 cm³/mol. The van der Waals surface area contributed by atoms with Crippen molar-refractivity contribution in [1.29, 1.82) is 0 Å². The molecule has 0 aliphatic carbocycles. The van der Waals surface area contributed by atoms with Gasteiger partial charge >= 0.3 is 0 Å². The molecule has 1 fully saturated rings. The molecule has 1 N–H and O–H groups in total. The van der Waals surface area contributed by atoms with E-state index >= 15 is 0 Å². The molecule has 140 valence electrons. The molecular formula is C21H26N6. The number of anilines is 1. The zero-order valence-electron chi connectivity index (χ0n) is 15.8. The number of hydrogen-bond donors (Lipinski definition) is 1. The predicted octanol–water partition coefficient (Wildman–Crippen LogP) is 3.51. The van der Waals surface area contributed by atoms with Gasteiger partial charge in [-0.15, -0.1) is 0 Å². The highest BCUT2D eigenvalue weighted by Crippen LogP contribution is 2.20. The summed E-state index contributed by atoms with van der Waals surface area (Å²) in [5.41, 5.74) is 2.69. The summed E-state index contributed by atoms with van der Waals surface area (Å²) in [7, 11) is 0. The smallest absolute Gasteiger partial charge is 0.173 e. The van der Waals surface area contributed by atoms with E-state index in [1.54, 1.807) is 23.3 Å². The Hall–Kier alpha value is -2.73. The highest BCUT2D eigenvalue weighted by Gasteiger charge is 2.17. The lowest BCUT2D eigenvalue weighted by molar-refractivity contribution is 0.176. The number of nitrogens with one attached hydrogen (secondary N) is 1. The van der Waals surface area contributed by atoms with Crippen molar-refractivity contribution in [1.82, 2.24) is 24.6 Å². The standard InChI is InChI=1S/C21H26N6/c1-17-6-4-10-26(15-17)16-19-8-3-2-7-18(19)12-23-20-13-22-14-21(25-20)27-11-5-9-24-27/h2-3,5,7-9,11,13-14,17H,4,6,10,12,15-16H2,1H3,(H,23,25). The fourth-order valence-electron chi connectivity index (χ4n) is 3.70. The van der Waals surface area contributed by atoms with Crippen molar-refractivity contribution in [2.24, 2.45) is 5.92 Å². The van der Waals surface area contributed by atoms with Crippen molar-refractivity contribution in [2.45, 2.75) is 32.9 Å². The van der Waals surface area contributed by atoms with Crippen molar-refractivity contribution in [2.75, 3.05) is 18.4 Å². The number of rotatable bonds is 6. The molecular weight excluding hydrogens is 336 g/mol. The van der Waals surface area contributed by atoms with E-state index in [-0.39, 0.29) is 0 Å². The fraction of sp³-hybridized carbons (Fsp3) is 0.381. The van der Waals surface area contributed by atoms with Gasteiger partial charge in [0.1, 0.15) is 5.82 Å². The van der Waals surface area contributed by atoms with Gasteiger partial charge in [-0.2, -0.15) is 5.10 Å². The van der Waals surface area contributed by atoms with E-state index in [9.17, 15) is 0 Å². The van der Waals surface area contributed by atoms with E-state index in [4.69, 9.17) is 0 Å². The molecule has 0 radical (unpaired) electrons. The van der Waals surface area contributed by atoms with Crippen molar-refractivity contribution < 1.29 is 0 Å². The van der Waals surface area contributed by atoms with E-state index in [1.807, 2.05) is 12.3 Å². The summed E-state index contributed by atoms with van der Waals surface area (Å²) in [5, 5.41) is 7.63. The van der Waals surface area contributed by atoms with Gasteiger partial charge in [0.15, 0.2) is 5.82 Å². The number of piperidine rings is 1. The molecule has 1 atom stereocenters. The minimum absolute atomic E-state index is 0.709. The van der Waals surface area contributed by atoms with Gasteiger partial charge in [-0.05, 0) is 42.5 Å². The summed E-state index contributed by atoms with van der Waals surface area (Å²) in [6.45, 7) is 6.49. The van der Waals surface area contributed by atoms with Crippen LogP contribution in [-0.2, 0) is 13.1 Å². The number of aromatic nitrogens is 4. The molecule has 1 saturated heterocycles. The molecule has 6 heteroatoms. The second-order valence-electron chi connectivity index (χ2n) is 7.32. The van der Waals surface area contributed by atoms with E-state index in [1.165, 1.54) is 37.1 Å². The fourth-order valence-corrected chi connectivity index (χ4v) is 3.70. The number of hydrogen-bond acceptors (Lipinski definition) is 5. The van der Waals surface area contributed by atoms with E-state index in [0.29, 0.717) is 5.82 Å². The van der Waals surface area contributed by atoms with Gasteiger partial charge in [0, 0.05) is 32.0 Å². The Bertz CT molecular complexity index is 861. The molecule has 2 aromatic heterocycles. The summed E-state index contributed by atoms with van der Waals surface area (Å²) in [4.78, 5) is 11.5. The molecule has 1 aliphatic heterocycles. The molecule has 4 rings (SSSR count). The van der Waals surface area contributed by atoms with Gasteiger partial charge in [0.25, 0.3) is 0 Å². The summed E-state index contributed by atoms with van der Waals surface area (Å²) in [5.74, 6) is 2.26. The van der Waals surface area contributed by atoms with Crippen LogP contribution >= 0.6 is 0 Å². The first-order chi connectivity index (χ1) is 13.3. The first-order valence-electron chi connectivity index (χ1n) is 9.63. The summed E-state index contributed by atoms with van der Waals surface area (Å²) in [6, 6.07) is 10.5. The normalized spacial score (nSPS) is 17.7. The molecule has 3 heterocycles. The van der Waals surface area contributed by atoms with Gasteiger partial charge in [-0.1, -0.05) is 31.2 Å².